The third-order valence-electron chi connectivity index (χ3n) is 4.85. The highest BCUT2D eigenvalue weighted by atomic mass is 32.2. The second kappa shape index (κ2) is 5.95. The highest BCUT2D eigenvalue weighted by Gasteiger charge is 2.37. The molecule has 0 aromatic heterocycles. The molecule has 0 saturated carbocycles. The third-order valence-corrected chi connectivity index (χ3v) is 5.98. The van der Waals surface area contributed by atoms with Gasteiger partial charge in [-0.25, -0.2) is 0 Å². The normalized spacial score (nSPS) is 28.6. The molecule has 0 aromatic carbocycles. The summed E-state index contributed by atoms with van der Waals surface area (Å²) in [5.41, 5.74) is 3.19. The Morgan fingerprint density at radius 1 is 1.21 bits per heavy atom. The van der Waals surface area contributed by atoms with Crippen molar-refractivity contribution in [2.45, 2.75) is 60.4 Å². The van der Waals surface area contributed by atoms with Gasteiger partial charge in [0.05, 0.1) is 11.9 Å². The third kappa shape index (κ3) is 2.89. The minimum Gasteiger partial charge on any atom is -0.358 e. The first-order valence-electron chi connectivity index (χ1n) is 7.70. The fourth-order valence-electron chi connectivity index (χ4n) is 3.51. The molecule has 2 heteroatoms. The number of rotatable bonds is 3. The smallest absolute Gasteiger partial charge is 0.0686 e. The monoisotopic (exact) mass is 279 g/mol. The lowest BCUT2D eigenvalue weighted by atomic mass is 9.73. The van der Waals surface area contributed by atoms with Crippen LogP contribution in [0, 0.1) is 17.8 Å². The molecule has 2 aliphatic rings. The molecule has 0 N–H and O–H groups in total. The van der Waals surface area contributed by atoms with Crippen LogP contribution >= 0.6 is 11.8 Å². The van der Waals surface area contributed by atoms with Crippen LogP contribution in [-0.2, 0) is 0 Å². The highest BCUT2D eigenvalue weighted by molar-refractivity contribution is 8.03. The molecule has 1 aliphatic heterocycles. The first kappa shape index (κ1) is 15.0. The second-order valence-electron chi connectivity index (χ2n) is 6.67. The molecule has 1 nitrogen and oxygen atoms in total. The molecule has 0 fully saturated rings. The van der Waals surface area contributed by atoms with E-state index < -0.39 is 0 Å². The Kier molecular flexibility index (Phi) is 4.70. The maximum atomic E-state index is 2.68. The second-order valence-corrected chi connectivity index (χ2v) is 7.83. The number of thioether (sulfide) groups is 1. The van der Waals surface area contributed by atoms with Crippen molar-refractivity contribution < 1.29 is 0 Å². The van der Waals surface area contributed by atoms with E-state index in [9.17, 15) is 0 Å². The summed E-state index contributed by atoms with van der Waals surface area (Å²) in [4.78, 5) is 4.19. The van der Waals surface area contributed by atoms with Gasteiger partial charge in [-0.1, -0.05) is 33.8 Å². The number of hydrogen-bond acceptors (Lipinski definition) is 2. The van der Waals surface area contributed by atoms with E-state index in [4.69, 9.17) is 0 Å². The van der Waals surface area contributed by atoms with E-state index in [1.165, 1.54) is 23.4 Å². The zero-order chi connectivity index (χ0) is 14.2. The lowest BCUT2D eigenvalue weighted by Gasteiger charge is -2.43. The van der Waals surface area contributed by atoms with Gasteiger partial charge < -0.3 is 4.90 Å². The van der Waals surface area contributed by atoms with Crippen molar-refractivity contribution in [2.75, 3.05) is 5.88 Å². The minimum atomic E-state index is 0.638. The molecule has 0 saturated heterocycles. The standard InChI is InChI=1S/C17H29NS/c1-11(2)15-8-7-9-16(12(3)4)17(15)18-10-19-14(6)13(18)5/h8,11-12,16-17H,7,9-10H2,1-6H3/t16?,17-/m0/s1. The van der Waals surface area contributed by atoms with Crippen molar-refractivity contribution in [3.8, 4) is 0 Å². The molecule has 0 radical (unpaired) electrons. The molecule has 0 amide bonds. The van der Waals surface area contributed by atoms with Crippen LogP contribution in [0.3, 0.4) is 0 Å². The first-order chi connectivity index (χ1) is 8.93. The summed E-state index contributed by atoms with van der Waals surface area (Å²) in [6.45, 7) is 14.1. The van der Waals surface area contributed by atoms with Gasteiger partial charge in [-0.2, -0.15) is 0 Å². The molecule has 1 heterocycles. The molecule has 108 valence electrons. The van der Waals surface area contributed by atoms with Gasteiger partial charge in [0.1, 0.15) is 0 Å². The fourth-order valence-corrected chi connectivity index (χ4v) is 4.53. The Bertz CT molecular complexity index is 392. The molecule has 1 unspecified atom stereocenters. The van der Waals surface area contributed by atoms with Gasteiger partial charge in [0.15, 0.2) is 0 Å². The summed E-state index contributed by atoms with van der Waals surface area (Å²) in [6, 6.07) is 0.638. The Morgan fingerprint density at radius 3 is 2.37 bits per heavy atom. The predicted octanol–water partition coefficient (Wildman–Crippen LogP) is 5.26. The van der Waals surface area contributed by atoms with E-state index in [1.807, 2.05) is 11.8 Å². The summed E-state index contributed by atoms with van der Waals surface area (Å²) >= 11 is 2.01. The van der Waals surface area contributed by atoms with Crippen LogP contribution in [0.25, 0.3) is 0 Å². The molecule has 0 spiro atoms. The van der Waals surface area contributed by atoms with E-state index in [2.05, 4.69) is 52.5 Å². The van der Waals surface area contributed by atoms with Crippen molar-refractivity contribution in [1.29, 1.82) is 0 Å². The Labute approximate surface area is 123 Å². The van der Waals surface area contributed by atoms with Crippen molar-refractivity contribution in [2.24, 2.45) is 17.8 Å². The fraction of sp³-hybridized carbons (Fsp3) is 0.765. The van der Waals surface area contributed by atoms with E-state index in [0.717, 1.165) is 17.7 Å². The highest BCUT2D eigenvalue weighted by Crippen LogP contribution is 2.43. The number of allylic oxidation sites excluding steroid dienone is 3. The van der Waals surface area contributed by atoms with Crippen LogP contribution in [0.4, 0.5) is 0 Å². The van der Waals surface area contributed by atoms with E-state index in [1.54, 1.807) is 5.57 Å². The molecular weight excluding hydrogens is 250 g/mol. The van der Waals surface area contributed by atoms with Gasteiger partial charge in [0.2, 0.25) is 0 Å². The van der Waals surface area contributed by atoms with E-state index in [-0.39, 0.29) is 0 Å². The summed E-state index contributed by atoms with van der Waals surface area (Å²) < 4.78 is 0. The SMILES string of the molecule is CC1=C(C)N([C@H]2C(C(C)C)=CCCC2C(C)C)CS1. The van der Waals surface area contributed by atoms with Crippen molar-refractivity contribution >= 4 is 11.8 Å². The Balaban J connectivity index is 2.34. The van der Waals surface area contributed by atoms with Crippen LogP contribution < -0.4 is 0 Å². The average molecular weight is 279 g/mol. The zero-order valence-electron chi connectivity index (χ0n) is 13.4. The molecule has 19 heavy (non-hydrogen) atoms. The van der Waals surface area contributed by atoms with E-state index in [0.29, 0.717) is 12.0 Å². The lowest BCUT2D eigenvalue weighted by Crippen LogP contribution is -2.44. The Morgan fingerprint density at radius 2 is 1.89 bits per heavy atom. The first-order valence-corrected chi connectivity index (χ1v) is 8.69. The maximum Gasteiger partial charge on any atom is 0.0686 e. The van der Waals surface area contributed by atoms with Crippen molar-refractivity contribution in [1.82, 2.24) is 4.90 Å². The Hall–Kier alpha value is -0.370. The molecule has 0 bridgehead atoms. The molecule has 0 aromatic rings. The summed E-state index contributed by atoms with van der Waals surface area (Å²) in [5.74, 6) is 3.40. The van der Waals surface area contributed by atoms with Crippen LogP contribution in [-0.4, -0.2) is 16.8 Å². The molecular formula is C17H29NS. The van der Waals surface area contributed by atoms with Crippen molar-refractivity contribution in [3.05, 3.63) is 22.3 Å². The molecule has 1 aliphatic carbocycles. The quantitative estimate of drug-likeness (QED) is 0.648. The largest absolute Gasteiger partial charge is 0.358 e. The van der Waals surface area contributed by atoms with Gasteiger partial charge in [0.25, 0.3) is 0 Å². The van der Waals surface area contributed by atoms with Gasteiger partial charge in [-0.15, -0.1) is 11.8 Å². The van der Waals surface area contributed by atoms with Crippen LogP contribution in [0.2, 0.25) is 0 Å². The predicted molar refractivity (Wildman–Crippen MR) is 86.9 cm³/mol. The zero-order valence-corrected chi connectivity index (χ0v) is 14.2. The maximum absolute atomic E-state index is 2.68. The van der Waals surface area contributed by atoms with Crippen LogP contribution in [0.15, 0.2) is 22.3 Å². The number of nitrogens with zero attached hydrogens (tertiary/aromatic N) is 1. The van der Waals surface area contributed by atoms with Gasteiger partial charge in [-0.3, -0.25) is 0 Å². The van der Waals surface area contributed by atoms with Gasteiger partial charge >= 0.3 is 0 Å². The summed E-state index contributed by atoms with van der Waals surface area (Å²) in [7, 11) is 0. The summed E-state index contributed by atoms with van der Waals surface area (Å²) in [6.07, 6.45) is 5.15. The van der Waals surface area contributed by atoms with Gasteiger partial charge in [-0.05, 0) is 50.0 Å². The van der Waals surface area contributed by atoms with Crippen LogP contribution in [0.1, 0.15) is 54.4 Å². The van der Waals surface area contributed by atoms with Crippen LogP contribution in [0.5, 0.6) is 0 Å². The average Bonchev–Trinajstić information content (AvgIpc) is 2.68. The molecule has 2 atom stereocenters. The summed E-state index contributed by atoms with van der Waals surface area (Å²) in [5, 5.41) is 0. The lowest BCUT2D eigenvalue weighted by molar-refractivity contribution is 0.173. The minimum absolute atomic E-state index is 0.638. The van der Waals surface area contributed by atoms with Gasteiger partial charge in [0, 0.05) is 10.6 Å². The van der Waals surface area contributed by atoms with E-state index >= 15 is 0 Å². The topological polar surface area (TPSA) is 3.24 Å². The van der Waals surface area contributed by atoms with Crippen molar-refractivity contribution in [3.63, 3.8) is 0 Å². The molecule has 2 rings (SSSR count). The number of hydrogen-bond donors (Lipinski definition) is 0.